The van der Waals surface area contributed by atoms with Gasteiger partial charge in [-0.2, -0.15) is 0 Å². The van der Waals surface area contributed by atoms with Crippen LogP contribution in [0.3, 0.4) is 0 Å². The van der Waals surface area contributed by atoms with Crippen molar-refractivity contribution in [2.75, 3.05) is 0 Å². The normalized spacial score (nSPS) is 13.1. The van der Waals surface area contributed by atoms with Crippen LogP contribution in [0.2, 0.25) is 0 Å². The molecule has 15 heavy (non-hydrogen) atoms. The van der Waals surface area contributed by atoms with Gasteiger partial charge in [0.2, 0.25) is 5.41 Å². The number of carbonyl (C=O) groups is 4. The minimum Gasteiger partial charge on any atom is -0.386 e. The van der Waals surface area contributed by atoms with E-state index in [1.165, 1.54) is 0 Å². The average Bonchev–Trinajstić information content (AvgIpc) is 2.02. The van der Waals surface area contributed by atoms with E-state index in [0.29, 0.717) is 0 Å². The smallest absolute Gasteiger partial charge is 0.205 e. The van der Waals surface area contributed by atoms with Crippen molar-refractivity contribution in [2.45, 2.75) is 33.8 Å². The number of rotatable bonds is 5. The minimum absolute atomic E-state index is 0.853. The number of ketones is 4. The van der Waals surface area contributed by atoms with Gasteiger partial charge in [0.15, 0.2) is 23.1 Å². The molecule has 0 aliphatic heterocycles. The number of hydrogen-bond acceptors (Lipinski definition) is 5. The third-order valence-corrected chi connectivity index (χ3v) is 2.33. The molecule has 84 valence electrons. The largest absolute Gasteiger partial charge is 0.386 e. The molecule has 0 aliphatic carbocycles. The Labute approximate surface area is 87.5 Å². The molecule has 5 heteroatoms. The summed E-state index contributed by atoms with van der Waals surface area (Å²) in [4.78, 5) is 45.5. The Kier molecular flexibility index (Phi) is 4.04. The molecule has 0 saturated heterocycles. The minimum atomic E-state index is -2.33. The summed E-state index contributed by atoms with van der Waals surface area (Å²) in [5.41, 5.74) is -2.33. The standard InChI is InChI=1S/C10H14O5/c1-5(11)9(15)10(6(2)12,7(3)13)8(4)14/h5,11H,1-4H3. The Morgan fingerprint density at radius 2 is 1.20 bits per heavy atom. The van der Waals surface area contributed by atoms with Crippen molar-refractivity contribution >= 4 is 23.1 Å². The molecule has 5 nitrogen and oxygen atoms in total. The first-order valence-corrected chi connectivity index (χ1v) is 4.44. The molecule has 0 aliphatic rings. The van der Waals surface area contributed by atoms with Gasteiger partial charge in [-0.05, 0) is 27.7 Å². The van der Waals surface area contributed by atoms with Crippen LogP contribution in [0.4, 0.5) is 0 Å². The van der Waals surface area contributed by atoms with Crippen LogP contribution in [0, 0.1) is 5.41 Å². The Morgan fingerprint density at radius 3 is 1.27 bits per heavy atom. The highest BCUT2D eigenvalue weighted by atomic mass is 16.3. The van der Waals surface area contributed by atoms with Crippen LogP contribution in [0.15, 0.2) is 0 Å². The second kappa shape index (κ2) is 4.44. The summed E-state index contributed by atoms with van der Waals surface area (Å²) in [5, 5.41) is 9.10. The van der Waals surface area contributed by atoms with Gasteiger partial charge in [0, 0.05) is 0 Å². The molecular formula is C10H14O5. The maximum absolute atomic E-state index is 11.6. The zero-order valence-electron chi connectivity index (χ0n) is 9.16. The zero-order chi connectivity index (χ0) is 12.4. The van der Waals surface area contributed by atoms with Crippen molar-refractivity contribution in [3.05, 3.63) is 0 Å². The predicted octanol–water partition coefficient (Wildman–Crippen LogP) is -0.310. The number of aliphatic hydroxyl groups is 1. The number of aliphatic hydroxyl groups excluding tert-OH is 1. The summed E-state index contributed by atoms with van der Waals surface area (Å²) in [7, 11) is 0. The molecule has 0 aromatic heterocycles. The first-order valence-electron chi connectivity index (χ1n) is 4.44. The second-order valence-electron chi connectivity index (χ2n) is 3.46. The fourth-order valence-corrected chi connectivity index (χ4v) is 1.58. The van der Waals surface area contributed by atoms with E-state index in [9.17, 15) is 19.2 Å². The second-order valence-corrected chi connectivity index (χ2v) is 3.46. The van der Waals surface area contributed by atoms with Gasteiger partial charge in [-0.1, -0.05) is 0 Å². The monoisotopic (exact) mass is 214 g/mol. The molecule has 1 unspecified atom stereocenters. The molecule has 0 amide bonds. The Hall–Kier alpha value is -1.36. The van der Waals surface area contributed by atoms with E-state index >= 15 is 0 Å². The maximum atomic E-state index is 11.6. The average molecular weight is 214 g/mol. The Balaban J connectivity index is 5.76. The van der Waals surface area contributed by atoms with Gasteiger partial charge in [0.1, 0.15) is 6.10 Å². The summed E-state index contributed by atoms with van der Waals surface area (Å²) >= 11 is 0. The molecule has 0 fully saturated rings. The van der Waals surface area contributed by atoms with Crippen LogP contribution in [-0.4, -0.2) is 34.3 Å². The van der Waals surface area contributed by atoms with Crippen molar-refractivity contribution in [3.63, 3.8) is 0 Å². The lowest BCUT2D eigenvalue weighted by atomic mass is 9.72. The van der Waals surface area contributed by atoms with Gasteiger partial charge in [0.05, 0.1) is 0 Å². The Bertz CT molecular complexity index is 291. The molecule has 0 rings (SSSR count). The van der Waals surface area contributed by atoms with Gasteiger partial charge >= 0.3 is 0 Å². The SMILES string of the molecule is CC(=O)C(C(C)=O)(C(C)=O)C(=O)C(C)O. The predicted molar refractivity (Wildman–Crippen MR) is 51.2 cm³/mol. The Morgan fingerprint density at radius 1 is 0.933 bits per heavy atom. The van der Waals surface area contributed by atoms with Crippen molar-refractivity contribution in [2.24, 2.45) is 5.41 Å². The lowest BCUT2D eigenvalue weighted by Crippen LogP contribution is -2.53. The molecule has 1 N–H and O–H groups in total. The lowest BCUT2D eigenvalue weighted by Gasteiger charge is -2.25. The molecule has 0 aromatic carbocycles. The van der Waals surface area contributed by atoms with E-state index in [1.807, 2.05) is 0 Å². The summed E-state index contributed by atoms with van der Waals surface area (Å²) in [6.07, 6.45) is -1.53. The van der Waals surface area contributed by atoms with Crippen LogP contribution < -0.4 is 0 Å². The molecule has 0 bridgehead atoms. The third kappa shape index (κ3) is 2.02. The summed E-state index contributed by atoms with van der Waals surface area (Å²) in [6.45, 7) is 4.08. The molecule has 0 heterocycles. The van der Waals surface area contributed by atoms with E-state index in [2.05, 4.69) is 0 Å². The fraction of sp³-hybridized carbons (Fsp3) is 0.600. The van der Waals surface area contributed by atoms with Gasteiger partial charge in [0.25, 0.3) is 0 Å². The molecule has 0 aromatic rings. The third-order valence-electron chi connectivity index (χ3n) is 2.33. The first-order chi connectivity index (χ1) is 6.68. The summed E-state index contributed by atoms with van der Waals surface area (Å²) in [5.74, 6) is -3.62. The van der Waals surface area contributed by atoms with Crippen molar-refractivity contribution in [1.82, 2.24) is 0 Å². The van der Waals surface area contributed by atoms with E-state index < -0.39 is 34.7 Å². The van der Waals surface area contributed by atoms with Gasteiger partial charge in [-0.25, -0.2) is 0 Å². The highest BCUT2D eigenvalue weighted by Gasteiger charge is 2.53. The van der Waals surface area contributed by atoms with Crippen LogP contribution in [0.25, 0.3) is 0 Å². The zero-order valence-corrected chi connectivity index (χ0v) is 9.16. The fourth-order valence-electron chi connectivity index (χ4n) is 1.58. The van der Waals surface area contributed by atoms with Gasteiger partial charge < -0.3 is 5.11 Å². The van der Waals surface area contributed by atoms with E-state index in [1.54, 1.807) is 0 Å². The van der Waals surface area contributed by atoms with Crippen LogP contribution in [0.1, 0.15) is 27.7 Å². The van der Waals surface area contributed by atoms with Crippen LogP contribution in [0.5, 0.6) is 0 Å². The van der Waals surface area contributed by atoms with Gasteiger partial charge in [-0.15, -0.1) is 0 Å². The first kappa shape index (κ1) is 13.6. The lowest BCUT2D eigenvalue weighted by molar-refractivity contribution is -0.156. The van der Waals surface area contributed by atoms with Gasteiger partial charge in [-0.3, -0.25) is 19.2 Å². The topological polar surface area (TPSA) is 88.5 Å². The highest BCUT2D eigenvalue weighted by Crippen LogP contribution is 2.25. The molecule has 0 saturated carbocycles. The highest BCUT2D eigenvalue weighted by molar-refractivity contribution is 6.38. The molecular weight excluding hydrogens is 200 g/mol. The summed E-state index contributed by atoms with van der Waals surface area (Å²) < 4.78 is 0. The molecule has 0 radical (unpaired) electrons. The van der Waals surface area contributed by atoms with Crippen molar-refractivity contribution in [3.8, 4) is 0 Å². The van der Waals surface area contributed by atoms with Crippen LogP contribution >= 0.6 is 0 Å². The number of Topliss-reactive ketones (excluding diaryl/α,β-unsaturated/α-hetero) is 4. The summed E-state index contributed by atoms with van der Waals surface area (Å²) in [6, 6.07) is 0. The van der Waals surface area contributed by atoms with E-state index in [-0.39, 0.29) is 0 Å². The number of hydrogen-bond donors (Lipinski definition) is 1. The number of carbonyl (C=O) groups excluding carboxylic acids is 4. The van der Waals surface area contributed by atoms with Crippen LogP contribution in [-0.2, 0) is 19.2 Å². The van der Waals surface area contributed by atoms with Crippen molar-refractivity contribution < 1.29 is 24.3 Å². The molecule has 0 spiro atoms. The quantitative estimate of drug-likeness (QED) is 0.634. The molecule has 1 atom stereocenters. The van der Waals surface area contributed by atoms with E-state index in [4.69, 9.17) is 5.11 Å². The maximum Gasteiger partial charge on any atom is 0.205 e. The van der Waals surface area contributed by atoms with Crippen molar-refractivity contribution in [1.29, 1.82) is 0 Å². The van der Waals surface area contributed by atoms with E-state index in [0.717, 1.165) is 27.7 Å².